The molecule has 0 aromatic carbocycles. The van der Waals surface area contributed by atoms with E-state index in [1.165, 1.54) is 25.7 Å². The maximum Gasteiger partial charge on any atom is 0.232 e. The van der Waals surface area contributed by atoms with Crippen molar-refractivity contribution in [2.45, 2.75) is 49.4 Å². The number of carbonyl (C=O) groups is 1. The Labute approximate surface area is 126 Å². The number of fused-ring (bicyclic) bond motifs is 2. The van der Waals surface area contributed by atoms with Crippen molar-refractivity contribution in [3.05, 3.63) is 0 Å². The molecule has 2 unspecified atom stereocenters. The summed E-state index contributed by atoms with van der Waals surface area (Å²) >= 11 is 1.88. The third kappa shape index (κ3) is 3.31. The van der Waals surface area contributed by atoms with Crippen molar-refractivity contribution in [2.24, 2.45) is 0 Å². The molecular formula is C15H27N3OS. The number of hydrogen-bond acceptors (Lipinski definition) is 4. The van der Waals surface area contributed by atoms with Crippen molar-refractivity contribution >= 4 is 17.7 Å². The Morgan fingerprint density at radius 2 is 1.90 bits per heavy atom. The summed E-state index contributed by atoms with van der Waals surface area (Å²) in [5.74, 6) is 1.06. The minimum absolute atomic E-state index is 0.370. The molecule has 20 heavy (non-hydrogen) atoms. The average molecular weight is 297 g/mol. The molecule has 2 atom stereocenters. The van der Waals surface area contributed by atoms with Gasteiger partial charge in [0.15, 0.2) is 0 Å². The topological polar surface area (TPSA) is 35.6 Å². The van der Waals surface area contributed by atoms with Crippen LogP contribution < -0.4 is 5.32 Å². The lowest BCUT2D eigenvalue weighted by atomic mass is 10.1. The van der Waals surface area contributed by atoms with Crippen LogP contribution in [0, 0.1) is 0 Å². The highest BCUT2D eigenvalue weighted by Gasteiger charge is 2.35. The molecule has 1 amide bonds. The molecule has 0 aromatic heterocycles. The smallest absolute Gasteiger partial charge is 0.232 e. The van der Waals surface area contributed by atoms with Gasteiger partial charge in [-0.25, -0.2) is 0 Å². The molecule has 0 aliphatic carbocycles. The zero-order valence-electron chi connectivity index (χ0n) is 12.5. The molecule has 2 bridgehead atoms. The Bertz CT molecular complexity index is 346. The first-order valence-corrected chi connectivity index (χ1v) is 9.11. The number of piperidine rings is 1. The van der Waals surface area contributed by atoms with E-state index in [1.54, 1.807) is 0 Å². The number of likely N-dealkylation sites (tertiary alicyclic amines) is 1. The highest BCUT2D eigenvalue weighted by molar-refractivity contribution is 8.00. The van der Waals surface area contributed by atoms with E-state index in [4.69, 9.17) is 0 Å². The van der Waals surface area contributed by atoms with Crippen LogP contribution in [-0.2, 0) is 4.79 Å². The van der Waals surface area contributed by atoms with Gasteiger partial charge in [0.05, 0.1) is 5.75 Å². The fourth-order valence-corrected chi connectivity index (χ4v) is 4.91. The average Bonchev–Trinajstić information content (AvgIpc) is 2.71. The van der Waals surface area contributed by atoms with Crippen LogP contribution in [0.5, 0.6) is 0 Å². The van der Waals surface area contributed by atoms with Crippen molar-refractivity contribution in [3.63, 3.8) is 0 Å². The summed E-state index contributed by atoms with van der Waals surface area (Å²) in [5.41, 5.74) is 0. The quantitative estimate of drug-likeness (QED) is 0.848. The van der Waals surface area contributed by atoms with Crippen LogP contribution in [0.25, 0.3) is 0 Å². The molecule has 3 heterocycles. The van der Waals surface area contributed by atoms with E-state index in [9.17, 15) is 4.79 Å². The van der Waals surface area contributed by atoms with Gasteiger partial charge in [-0.1, -0.05) is 0 Å². The van der Waals surface area contributed by atoms with E-state index in [0.717, 1.165) is 38.6 Å². The zero-order valence-corrected chi connectivity index (χ0v) is 13.3. The number of amides is 1. The Kier molecular flexibility index (Phi) is 4.89. The molecule has 114 valence electrons. The molecule has 4 nitrogen and oxygen atoms in total. The van der Waals surface area contributed by atoms with Crippen molar-refractivity contribution in [1.82, 2.24) is 15.1 Å². The summed E-state index contributed by atoms with van der Waals surface area (Å²) < 4.78 is 0. The normalized spacial score (nSPS) is 32.4. The molecule has 5 heteroatoms. The Morgan fingerprint density at radius 1 is 1.15 bits per heavy atom. The maximum atomic E-state index is 12.4. The Balaban J connectivity index is 1.47. The summed E-state index contributed by atoms with van der Waals surface area (Å²) in [6, 6.07) is 1.32. The highest BCUT2D eigenvalue weighted by atomic mass is 32.2. The summed E-state index contributed by atoms with van der Waals surface area (Å²) in [5, 5.41) is 4.07. The number of nitrogens with one attached hydrogen (secondary N) is 1. The van der Waals surface area contributed by atoms with Crippen LogP contribution in [0.1, 0.15) is 32.1 Å². The van der Waals surface area contributed by atoms with Crippen molar-refractivity contribution in [3.8, 4) is 0 Å². The zero-order chi connectivity index (χ0) is 13.9. The van der Waals surface area contributed by atoms with E-state index in [0.29, 0.717) is 23.0 Å². The van der Waals surface area contributed by atoms with Gasteiger partial charge in [0.25, 0.3) is 0 Å². The fourth-order valence-electron chi connectivity index (χ4n) is 3.78. The van der Waals surface area contributed by atoms with Crippen LogP contribution in [-0.4, -0.2) is 72.0 Å². The second-order valence-electron chi connectivity index (χ2n) is 6.44. The standard InChI is InChI=1S/C15H27N3OS/c1-17-12-2-3-13(17)10-18(9-6-12)15(19)11-20-14-4-7-16-8-5-14/h12-14,16H,2-11H2,1H3. The van der Waals surface area contributed by atoms with Crippen LogP contribution in [0.2, 0.25) is 0 Å². The van der Waals surface area contributed by atoms with Gasteiger partial charge in [-0.15, -0.1) is 11.8 Å². The van der Waals surface area contributed by atoms with Crippen molar-refractivity contribution in [1.29, 1.82) is 0 Å². The number of rotatable bonds is 3. The first-order valence-electron chi connectivity index (χ1n) is 8.06. The second kappa shape index (κ2) is 6.67. The third-order valence-corrected chi connectivity index (χ3v) is 6.59. The first kappa shape index (κ1) is 14.7. The lowest BCUT2D eigenvalue weighted by molar-refractivity contribution is -0.128. The Morgan fingerprint density at radius 3 is 2.70 bits per heavy atom. The van der Waals surface area contributed by atoms with Crippen molar-refractivity contribution in [2.75, 3.05) is 39.0 Å². The fraction of sp³-hybridized carbons (Fsp3) is 0.933. The molecule has 0 spiro atoms. The molecular weight excluding hydrogens is 270 g/mol. The molecule has 3 rings (SSSR count). The summed E-state index contributed by atoms with van der Waals surface area (Å²) in [6.45, 7) is 4.16. The predicted molar refractivity (Wildman–Crippen MR) is 84.1 cm³/mol. The number of likely N-dealkylation sites (N-methyl/N-ethyl adjacent to an activating group) is 1. The predicted octanol–water partition coefficient (Wildman–Crippen LogP) is 1.17. The number of nitrogens with zero attached hydrogens (tertiary/aromatic N) is 2. The molecule has 0 radical (unpaired) electrons. The number of carbonyl (C=O) groups excluding carboxylic acids is 1. The van der Waals surface area contributed by atoms with Crippen LogP contribution >= 0.6 is 11.8 Å². The lowest BCUT2D eigenvalue weighted by Crippen LogP contribution is -2.40. The van der Waals surface area contributed by atoms with Gasteiger partial charge < -0.3 is 10.2 Å². The number of thioether (sulfide) groups is 1. The SMILES string of the molecule is CN1C2CCC1CN(C(=O)CSC1CCNCC1)CC2. The molecule has 3 aliphatic rings. The van der Waals surface area contributed by atoms with E-state index in [2.05, 4.69) is 22.2 Å². The third-order valence-electron chi connectivity index (χ3n) is 5.23. The van der Waals surface area contributed by atoms with Crippen LogP contribution in [0.15, 0.2) is 0 Å². The molecule has 0 saturated carbocycles. The van der Waals surface area contributed by atoms with Crippen molar-refractivity contribution < 1.29 is 4.79 Å². The van der Waals surface area contributed by atoms with Gasteiger partial charge in [-0.05, 0) is 52.2 Å². The minimum Gasteiger partial charge on any atom is -0.340 e. The lowest BCUT2D eigenvalue weighted by Gasteiger charge is -2.27. The Hall–Kier alpha value is -0.260. The minimum atomic E-state index is 0.370. The largest absolute Gasteiger partial charge is 0.340 e. The number of hydrogen-bond donors (Lipinski definition) is 1. The summed E-state index contributed by atoms with van der Waals surface area (Å²) in [4.78, 5) is 17.1. The van der Waals surface area contributed by atoms with E-state index in [1.807, 2.05) is 11.8 Å². The molecule has 3 aliphatic heterocycles. The van der Waals surface area contributed by atoms with E-state index >= 15 is 0 Å². The second-order valence-corrected chi connectivity index (χ2v) is 7.73. The summed E-state index contributed by atoms with van der Waals surface area (Å²) in [6.07, 6.45) is 6.19. The summed E-state index contributed by atoms with van der Waals surface area (Å²) in [7, 11) is 2.24. The molecule has 3 saturated heterocycles. The highest BCUT2D eigenvalue weighted by Crippen LogP contribution is 2.29. The molecule has 0 aromatic rings. The maximum absolute atomic E-state index is 12.4. The molecule has 1 N–H and O–H groups in total. The van der Waals surface area contributed by atoms with E-state index < -0.39 is 0 Å². The first-order chi connectivity index (χ1) is 9.74. The van der Waals surface area contributed by atoms with Crippen LogP contribution in [0.3, 0.4) is 0 Å². The van der Waals surface area contributed by atoms with Crippen LogP contribution in [0.4, 0.5) is 0 Å². The monoisotopic (exact) mass is 297 g/mol. The van der Waals surface area contributed by atoms with E-state index in [-0.39, 0.29) is 0 Å². The van der Waals surface area contributed by atoms with Gasteiger partial charge in [0.2, 0.25) is 5.91 Å². The molecule has 3 fully saturated rings. The van der Waals surface area contributed by atoms with Gasteiger partial charge >= 0.3 is 0 Å². The van der Waals surface area contributed by atoms with Gasteiger partial charge in [-0.2, -0.15) is 0 Å². The van der Waals surface area contributed by atoms with Gasteiger partial charge in [0.1, 0.15) is 0 Å². The van der Waals surface area contributed by atoms with Gasteiger partial charge in [0, 0.05) is 30.4 Å². The van der Waals surface area contributed by atoms with Gasteiger partial charge in [-0.3, -0.25) is 9.69 Å².